The fourth-order valence-corrected chi connectivity index (χ4v) is 4.80. The van der Waals surface area contributed by atoms with Crippen molar-refractivity contribution in [3.05, 3.63) is 59.7 Å². The van der Waals surface area contributed by atoms with Gasteiger partial charge in [0, 0.05) is 54.8 Å². The Morgan fingerprint density at radius 2 is 2.06 bits per heavy atom. The third-order valence-electron chi connectivity index (χ3n) is 6.96. The number of benzene rings is 1. The van der Waals surface area contributed by atoms with Crippen LogP contribution in [0.3, 0.4) is 0 Å². The highest BCUT2D eigenvalue weighted by atomic mass is 16.5. The van der Waals surface area contributed by atoms with Gasteiger partial charge in [-0.1, -0.05) is 19.9 Å². The van der Waals surface area contributed by atoms with Crippen molar-refractivity contribution in [1.82, 2.24) is 10.2 Å². The maximum atomic E-state index is 12.1. The van der Waals surface area contributed by atoms with E-state index in [4.69, 9.17) is 4.74 Å². The van der Waals surface area contributed by atoms with E-state index in [1.807, 2.05) is 24.3 Å². The highest BCUT2D eigenvalue weighted by molar-refractivity contribution is 6.04. The lowest BCUT2D eigenvalue weighted by molar-refractivity contribution is -0.145. The molecule has 8 nitrogen and oxygen atoms in total. The van der Waals surface area contributed by atoms with Crippen LogP contribution in [0.4, 0.5) is 11.4 Å². The molecule has 3 aliphatic heterocycles. The summed E-state index contributed by atoms with van der Waals surface area (Å²) in [5.74, 6) is 1.76. The zero-order valence-electron chi connectivity index (χ0n) is 21.4. The number of esters is 1. The molecule has 0 radical (unpaired) electrons. The van der Waals surface area contributed by atoms with Gasteiger partial charge in [-0.2, -0.15) is 0 Å². The Morgan fingerprint density at radius 1 is 1.25 bits per heavy atom. The number of hydrogen-bond donors (Lipinski definition) is 3. The summed E-state index contributed by atoms with van der Waals surface area (Å²) in [6, 6.07) is 5.89. The van der Waals surface area contributed by atoms with Crippen LogP contribution < -0.4 is 16.0 Å². The van der Waals surface area contributed by atoms with Crippen LogP contribution in [-0.2, 0) is 20.7 Å². The van der Waals surface area contributed by atoms with Gasteiger partial charge in [-0.25, -0.2) is 4.99 Å². The van der Waals surface area contributed by atoms with Crippen LogP contribution in [0.1, 0.15) is 57.9 Å². The fourth-order valence-electron chi connectivity index (χ4n) is 4.80. The highest BCUT2D eigenvalue weighted by Gasteiger charge is 2.25. The fraction of sp³-hybridized carbons (Fsp3) is 0.464. The van der Waals surface area contributed by atoms with Crippen LogP contribution in [0, 0.1) is 5.92 Å². The van der Waals surface area contributed by atoms with Crippen molar-refractivity contribution >= 4 is 29.1 Å². The monoisotopic (exact) mass is 491 g/mol. The Hall–Kier alpha value is -3.55. The van der Waals surface area contributed by atoms with Crippen molar-refractivity contribution in [2.45, 2.75) is 58.8 Å². The molecule has 1 amide bonds. The molecule has 3 heterocycles. The van der Waals surface area contributed by atoms with E-state index in [1.165, 1.54) is 0 Å². The minimum atomic E-state index is -0.0657. The summed E-state index contributed by atoms with van der Waals surface area (Å²) in [7, 11) is 0. The van der Waals surface area contributed by atoms with E-state index < -0.39 is 0 Å². The number of likely N-dealkylation sites (tertiary alicyclic amines) is 1. The largest absolute Gasteiger partial charge is 0.466 e. The standard InChI is InChI=1S/C28H37N5O3/c1-4-5-16-36-27(35)17-21-11-14-33(15-12-21)19(2)24-10-13-29-28(24)31-20(3)30-23-7-8-25-22(18-23)6-9-26(34)32-25/h7-8,10,13,18,21,30H,3-6,9,11-12,14-17H2,1-2H3,(H,29,31)(H,32,34)/b24-19+. The minimum absolute atomic E-state index is 0.0601. The van der Waals surface area contributed by atoms with E-state index >= 15 is 0 Å². The Balaban J connectivity index is 1.29. The van der Waals surface area contributed by atoms with Crippen LogP contribution >= 0.6 is 0 Å². The van der Waals surface area contributed by atoms with Crippen LogP contribution in [0.2, 0.25) is 0 Å². The van der Waals surface area contributed by atoms with Crippen molar-refractivity contribution < 1.29 is 14.3 Å². The first-order valence-corrected chi connectivity index (χ1v) is 12.9. The normalized spacial score (nSPS) is 18.8. The maximum absolute atomic E-state index is 12.1. The summed E-state index contributed by atoms with van der Waals surface area (Å²) in [5, 5.41) is 9.52. The molecule has 1 aromatic rings. The molecular formula is C28H37N5O3. The Kier molecular flexibility index (Phi) is 8.46. The number of unbranched alkanes of at least 4 members (excludes halogenated alkanes) is 1. The van der Waals surface area contributed by atoms with Gasteiger partial charge in [0.2, 0.25) is 5.91 Å². The molecule has 0 unspecified atom stereocenters. The number of nitrogens with zero attached hydrogens (tertiary/aromatic N) is 2. The van der Waals surface area contributed by atoms with Gasteiger partial charge >= 0.3 is 5.97 Å². The van der Waals surface area contributed by atoms with Gasteiger partial charge in [-0.05, 0) is 68.4 Å². The van der Waals surface area contributed by atoms with Crippen LogP contribution in [0.5, 0.6) is 0 Å². The number of fused-ring (bicyclic) bond motifs is 1. The number of nitrogens with one attached hydrogen (secondary N) is 3. The van der Waals surface area contributed by atoms with Gasteiger partial charge < -0.3 is 25.6 Å². The third kappa shape index (κ3) is 6.56. The van der Waals surface area contributed by atoms with Crippen molar-refractivity contribution in [1.29, 1.82) is 0 Å². The SMILES string of the molecule is C=C(NC1=NC=C/C1=C(/C)N1CCC(CC(=O)OCCCC)CC1)Nc1ccc2c(c1)CCC(=O)N2. The molecule has 192 valence electrons. The first-order chi connectivity index (χ1) is 17.4. The number of hydrogen-bond acceptors (Lipinski definition) is 7. The van der Waals surface area contributed by atoms with E-state index in [2.05, 4.69) is 46.3 Å². The average Bonchev–Trinajstić information content (AvgIpc) is 3.32. The molecule has 1 fully saturated rings. The number of amidine groups is 1. The topological polar surface area (TPSA) is 95.1 Å². The summed E-state index contributed by atoms with van der Waals surface area (Å²) in [6.45, 7) is 10.7. The summed E-state index contributed by atoms with van der Waals surface area (Å²) >= 11 is 0. The molecule has 0 aliphatic carbocycles. The molecule has 4 rings (SSSR count). The van der Waals surface area contributed by atoms with Crippen LogP contribution in [0.25, 0.3) is 0 Å². The summed E-state index contributed by atoms with van der Waals surface area (Å²) < 4.78 is 5.34. The Morgan fingerprint density at radius 3 is 2.83 bits per heavy atom. The number of carbonyl (C=O) groups excluding carboxylic acids is 2. The van der Waals surface area contributed by atoms with Crippen LogP contribution in [-0.4, -0.2) is 42.3 Å². The molecule has 36 heavy (non-hydrogen) atoms. The number of carbonyl (C=O) groups is 2. The smallest absolute Gasteiger partial charge is 0.306 e. The number of piperidine rings is 1. The molecule has 0 bridgehead atoms. The van der Waals surface area contributed by atoms with E-state index in [9.17, 15) is 9.59 Å². The molecule has 0 spiro atoms. The quantitative estimate of drug-likeness (QED) is 0.343. The van der Waals surface area contributed by atoms with Gasteiger partial charge in [-0.3, -0.25) is 9.59 Å². The van der Waals surface area contributed by atoms with Crippen molar-refractivity contribution in [2.24, 2.45) is 10.9 Å². The number of rotatable bonds is 9. The molecule has 3 aliphatic rings. The number of amides is 1. The van der Waals surface area contributed by atoms with E-state index in [0.717, 1.165) is 79.2 Å². The molecule has 3 N–H and O–H groups in total. The zero-order valence-corrected chi connectivity index (χ0v) is 21.4. The lowest BCUT2D eigenvalue weighted by atomic mass is 9.93. The predicted octanol–water partition coefficient (Wildman–Crippen LogP) is 4.69. The average molecular weight is 492 g/mol. The maximum Gasteiger partial charge on any atom is 0.306 e. The molecule has 1 saturated heterocycles. The minimum Gasteiger partial charge on any atom is -0.466 e. The molecule has 0 saturated carbocycles. The molecular weight excluding hydrogens is 454 g/mol. The number of aryl methyl sites for hydroxylation is 1. The molecule has 0 aromatic heterocycles. The lowest BCUT2D eigenvalue weighted by Crippen LogP contribution is -2.35. The van der Waals surface area contributed by atoms with Gasteiger partial charge in [0.1, 0.15) is 11.7 Å². The first kappa shape index (κ1) is 25.5. The molecule has 8 heteroatoms. The summed E-state index contributed by atoms with van der Waals surface area (Å²) in [5.41, 5.74) is 5.10. The predicted molar refractivity (Wildman–Crippen MR) is 143 cm³/mol. The van der Waals surface area contributed by atoms with Crippen molar-refractivity contribution in [2.75, 3.05) is 30.3 Å². The van der Waals surface area contributed by atoms with Crippen LogP contribution in [0.15, 0.2) is 59.1 Å². The number of anilines is 2. The number of allylic oxidation sites excluding steroid dienone is 1. The summed E-state index contributed by atoms with van der Waals surface area (Å²) in [4.78, 5) is 30.5. The second-order valence-corrected chi connectivity index (χ2v) is 9.65. The van der Waals surface area contributed by atoms with Gasteiger partial charge in [-0.15, -0.1) is 0 Å². The third-order valence-corrected chi connectivity index (χ3v) is 6.96. The zero-order chi connectivity index (χ0) is 25.5. The van der Waals surface area contributed by atoms with E-state index in [-0.39, 0.29) is 11.9 Å². The van der Waals surface area contributed by atoms with Gasteiger partial charge in [0.15, 0.2) is 0 Å². The van der Waals surface area contributed by atoms with E-state index in [1.54, 1.807) is 6.20 Å². The van der Waals surface area contributed by atoms with Crippen molar-refractivity contribution in [3.8, 4) is 0 Å². The molecule has 0 atom stereocenters. The summed E-state index contributed by atoms with van der Waals surface area (Å²) in [6.07, 6.45) is 9.49. The Labute approximate surface area is 213 Å². The van der Waals surface area contributed by atoms with Gasteiger partial charge in [0.25, 0.3) is 0 Å². The Bertz CT molecular complexity index is 1100. The lowest BCUT2D eigenvalue weighted by Gasteiger charge is -2.34. The second-order valence-electron chi connectivity index (χ2n) is 9.65. The number of aliphatic imine (C=N–C) groups is 1. The van der Waals surface area contributed by atoms with Crippen molar-refractivity contribution in [3.63, 3.8) is 0 Å². The van der Waals surface area contributed by atoms with E-state index in [0.29, 0.717) is 31.2 Å². The van der Waals surface area contributed by atoms with Gasteiger partial charge in [0.05, 0.1) is 6.61 Å². The first-order valence-electron chi connectivity index (χ1n) is 12.9. The molecule has 1 aromatic carbocycles. The second kappa shape index (κ2) is 11.9. The highest BCUT2D eigenvalue weighted by Crippen LogP contribution is 2.28. The number of ether oxygens (including phenoxy) is 1.